The van der Waals surface area contributed by atoms with Gasteiger partial charge in [-0.1, -0.05) is 0 Å². The van der Waals surface area contributed by atoms with Crippen LogP contribution in [-0.2, 0) is 9.59 Å². The Bertz CT molecular complexity index is 787. The van der Waals surface area contributed by atoms with Gasteiger partial charge in [0.2, 0.25) is 11.8 Å². The van der Waals surface area contributed by atoms with Gasteiger partial charge in [-0.15, -0.1) is 5.10 Å². The molecule has 1 atom stereocenters. The molecule has 1 aromatic heterocycles. The molecule has 1 aliphatic heterocycles. The number of ether oxygens (including phenoxy) is 1. The molecule has 3 rings (SSSR count). The van der Waals surface area contributed by atoms with E-state index in [1.165, 1.54) is 4.68 Å². The van der Waals surface area contributed by atoms with Gasteiger partial charge in [0.25, 0.3) is 0 Å². The van der Waals surface area contributed by atoms with E-state index in [-0.39, 0.29) is 24.2 Å². The SMILES string of the molecule is COc1ccc(NC(=O)[C@H]2CC(=O)N(C)C2)cc1-n1nnnc1C. The number of carbonyl (C=O) groups is 2. The molecule has 24 heavy (non-hydrogen) atoms. The number of nitrogens with zero attached hydrogens (tertiary/aromatic N) is 5. The van der Waals surface area contributed by atoms with Crippen LogP contribution < -0.4 is 10.1 Å². The third kappa shape index (κ3) is 2.92. The Morgan fingerprint density at radius 3 is 2.79 bits per heavy atom. The van der Waals surface area contributed by atoms with Crippen LogP contribution in [0, 0.1) is 12.8 Å². The third-order valence-electron chi connectivity index (χ3n) is 4.01. The van der Waals surface area contributed by atoms with E-state index in [4.69, 9.17) is 4.74 Å². The molecule has 9 heteroatoms. The maximum Gasteiger partial charge on any atom is 0.229 e. The first kappa shape index (κ1) is 15.9. The molecule has 1 N–H and O–H groups in total. The number of aryl methyl sites for hydroxylation is 1. The minimum Gasteiger partial charge on any atom is -0.494 e. The molecule has 0 spiro atoms. The van der Waals surface area contributed by atoms with Gasteiger partial charge >= 0.3 is 0 Å². The van der Waals surface area contributed by atoms with Crippen molar-refractivity contribution >= 4 is 17.5 Å². The van der Waals surface area contributed by atoms with Gasteiger partial charge in [0.05, 0.1) is 13.0 Å². The summed E-state index contributed by atoms with van der Waals surface area (Å²) in [6.07, 6.45) is 0.234. The third-order valence-corrected chi connectivity index (χ3v) is 4.01. The number of benzene rings is 1. The number of hydrogen-bond donors (Lipinski definition) is 1. The Balaban J connectivity index is 1.83. The molecule has 126 valence electrons. The number of likely N-dealkylation sites (tertiary alicyclic amines) is 1. The van der Waals surface area contributed by atoms with Crippen molar-refractivity contribution in [3.8, 4) is 11.4 Å². The highest BCUT2D eigenvalue weighted by atomic mass is 16.5. The first-order valence-electron chi connectivity index (χ1n) is 7.48. The summed E-state index contributed by atoms with van der Waals surface area (Å²) in [6, 6.07) is 5.21. The molecule has 1 saturated heterocycles. The molecule has 0 radical (unpaired) electrons. The molecular formula is C15H18N6O3. The summed E-state index contributed by atoms with van der Waals surface area (Å²) in [7, 11) is 3.25. The second-order valence-corrected chi connectivity index (χ2v) is 5.69. The van der Waals surface area contributed by atoms with Crippen LogP contribution in [0.1, 0.15) is 12.2 Å². The molecular weight excluding hydrogens is 312 g/mol. The number of carbonyl (C=O) groups excluding carboxylic acids is 2. The minimum atomic E-state index is -0.345. The second kappa shape index (κ2) is 6.26. The lowest BCUT2D eigenvalue weighted by Crippen LogP contribution is -2.25. The first-order chi connectivity index (χ1) is 11.5. The smallest absolute Gasteiger partial charge is 0.229 e. The van der Waals surface area contributed by atoms with Crippen LogP contribution in [0.4, 0.5) is 5.69 Å². The lowest BCUT2D eigenvalue weighted by atomic mass is 10.1. The number of methoxy groups -OCH3 is 1. The number of hydrogen-bond acceptors (Lipinski definition) is 6. The van der Waals surface area contributed by atoms with Crippen molar-refractivity contribution in [2.75, 3.05) is 26.0 Å². The van der Waals surface area contributed by atoms with Gasteiger partial charge < -0.3 is 15.0 Å². The van der Waals surface area contributed by atoms with E-state index in [9.17, 15) is 9.59 Å². The van der Waals surface area contributed by atoms with Crippen molar-refractivity contribution in [3.05, 3.63) is 24.0 Å². The zero-order chi connectivity index (χ0) is 17.3. The van der Waals surface area contributed by atoms with Crippen LogP contribution in [0.15, 0.2) is 18.2 Å². The van der Waals surface area contributed by atoms with Gasteiger partial charge in [0.1, 0.15) is 11.4 Å². The van der Waals surface area contributed by atoms with Crippen LogP contribution in [0.25, 0.3) is 5.69 Å². The highest BCUT2D eigenvalue weighted by molar-refractivity contribution is 5.97. The molecule has 2 heterocycles. The van der Waals surface area contributed by atoms with Crippen molar-refractivity contribution in [2.24, 2.45) is 5.92 Å². The summed E-state index contributed by atoms with van der Waals surface area (Å²) in [5, 5.41) is 14.2. The molecule has 0 saturated carbocycles. The summed E-state index contributed by atoms with van der Waals surface area (Å²) in [6.45, 7) is 2.20. The van der Waals surface area contributed by atoms with Crippen LogP contribution in [-0.4, -0.2) is 57.6 Å². The quantitative estimate of drug-likeness (QED) is 0.870. The summed E-state index contributed by atoms with van der Waals surface area (Å²) in [4.78, 5) is 25.5. The second-order valence-electron chi connectivity index (χ2n) is 5.69. The van der Waals surface area contributed by atoms with Crippen molar-refractivity contribution in [2.45, 2.75) is 13.3 Å². The fourth-order valence-corrected chi connectivity index (χ4v) is 2.67. The van der Waals surface area contributed by atoms with E-state index in [2.05, 4.69) is 20.8 Å². The topological polar surface area (TPSA) is 102 Å². The molecule has 9 nitrogen and oxygen atoms in total. The summed E-state index contributed by atoms with van der Waals surface area (Å²) in [5.74, 6) is 0.633. The van der Waals surface area contributed by atoms with E-state index in [1.54, 1.807) is 44.2 Å². The Labute approximate surface area is 138 Å². The highest BCUT2D eigenvalue weighted by Gasteiger charge is 2.32. The van der Waals surface area contributed by atoms with E-state index in [1.807, 2.05) is 0 Å². The predicted molar refractivity (Wildman–Crippen MR) is 84.8 cm³/mol. The summed E-state index contributed by atoms with van der Waals surface area (Å²) < 4.78 is 6.86. The van der Waals surface area contributed by atoms with Gasteiger partial charge in [-0.2, -0.15) is 4.68 Å². The predicted octanol–water partition coefficient (Wildman–Crippen LogP) is 0.396. The maximum atomic E-state index is 12.4. The lowest BCUT2D eigenvalue weighted by Gasteiger charge is -2.14. The summed E-state index contributed by atoms with van der Waals surface area (Å²) in [5.41, 5.74) is 1.21. The van der Waals surface area contributed by atoms with Crippen LogP contribution in [0.2, 0.25) is 0 Å². The molecule has 1 aromatic carbocycles. The van der Waals surface area contributed by atoms with Crippen molar-refractivity contribution in [1.82, 2.24) is 25.1 Å². The van der Waals surface area contributed by atoms with Crippen molar-refractivity contribution in [3.63, 3.8) is 0 Å². The molecule has 2 amide bonds. The largest absolute Gasteiger partial charge is 0.494 e. The normalized spacial score (nSPS) is 17.2. The first-order valence-corrected chi connectivity index (χ1v) is 7.48. The van der Waals surface area contributed by atoms with E-state index in [0.29, 0.717) is 29.5 Å². The monoisotopic (exact) mass is 330 g/mol. The zero-order valence-electron chi connectivity index (χ0n) is 13.7. The van der Waals surface area contributed by atoms with Gasteiger partial charge in [0, 0.05) is 25.7 Å². The highest BCUT2D eigenvalue weighted by Crippen LogP contribution is 2.27. The number of amides is 2. The lowest BCUT2D eigenvalue weighted by molar-refractivity contribution is -0.127. The van der Waals surface area contributed by atoms with Gasteiger partial charge in [0.15, 0.2) is 5.82 Å². The number of anilines is 1. The molecule has 0 unspecified atom stereocenters. The Morgan fingerprint density at radius 1 is 1.42 bits per heavy atom. The number of rotatable bonds is 4. The Morgan fingerprint density at radius 2 is 2.21 bits per heavy atom. The molecule has 1 fully saturated rings. The molecule has 0 aliphatic carbocycles. The van der Waals surface area contributed by atoms with E-state index >= 15 is 0 Å². The number of aromatic nitrogens is 4. The van der Waals surface area contributed by atoms with Crippen LogP contribution in [0.5, 0.6) is 5.75 Å². The van der Waals surface area contributed by atoms with E-state index < -0.39 is 0 Å². The van der Waals surface area contributed by atoms with Crippen LogP contribution >= 0.6 is 0 Å². The molecule has 1 aliphatic rings. The maximum absolute atomic E-state index is 12.4. The zero-order valence-corrected chi connectivity index (χ0v) is 13.7. The average Bonchev–Trinajstić information content (AvgIpc) is 3.13. The Kier molecular flexibility index (Phi) is 4.15. The number of tetrazole rings is 1. The van der Waals surface area contributed by atoms with Crippen molar-refractivity contribution < 1.29 is 14.3 Å². The summed E-state index contributed by atoms with van der Waals surface area (Å²) >= 11 is 0. The molecule has 0 bridgehead atoms. The van der Waals surface area contributed by atoms with E-state index in [0.717, 1.165) is 0 Å². The minimum absolute atomic E-state index is 0.0186. The molecule has 2 aromatic rings. The fourth-order valence-electron chi connectivity index (χ4n) is 2.67. The van der Waals surface area contributed by atoms with Gasteiger partial charge in [-0.25, -0.2) is 0 Å². The standard InChI is InChI=1S/C15H18N6O3/c1-9-17-18-19-21(9)12-7-11(4-5-13(12)24-3)16-15(23)10-6-14(22)20(2)8-10/h4-5,7,10H,6,8H2,1-3H3,(H,16,23)/t10-/m0/s1. The Hall–Kier alpha value is -2.97. The van der Waals surface area contributed by atoms with Crippen molar-refractivity contribution in [1.29, 1.82) is 0 Å². The average molecular weight is 330 g/mol. The van der Waals surface area contributed by atoms with Gasteiger partial charge in [-0.05, 0) is 35.5 Å². The number of nitrogens with one attached hydrogen (secondary N) is 1. The van der Waals surface area contributed by atoms with Gasteiger partial charge in [-0.3, -0.25) is 9.59 Å². The van der Waals surface area contributed by atoms with Crippen LogP contribution in [0.3, 0.4) is 0 Å². The fraction of sp³-hybridized carbons (Fsp3) is 0.400.